The summed E-state index contributed by atoms with van der Waals surface area (Å²) < 4.78 is 28.7. The van der Waals surface area contributed by atoms with Crippen molar-refractivity contribution in [2.24, 2.45) is 0 Å². The normalized spacial score (nSPS) is 19.6. The first-order valence-electron chi connectivity index (χ1n) is 9.40. The van der Waals surface area contributed by atoms with Crippen molar-refractivity contribution in [2.45, 2.75) is 64.2 Å². The number of aromatic carboxylic acids is 1. The second kappa shape index (κ2) is 9.61. The van der Waals surface area contributed by atoms with Crippen LogP contribution in [0.15, 0.2) is 18.2 Å². The Bertz CT molecular complexity index is 680. The van der Waals surface area contributed by atoms with Gasteiger partial charge in [0, 0.05) is 12.1 Å². The lowest BCUT2D eigenvalue weighted by molar-refractivity contribution is 0.0467. The monoisotopic (exact) mass is 397 g/mol. The number of carbonyl (C=O) groups excluding carboxylic acids is 1. The van der Waals surface area contributed by atoms with E-state index in [1.165, 1.54) is 18.2 Å². The number of hydrogen-bond donors (Lipinski definition) is 2. The molecular weight excluding hydrogens is 369 g/mol. The van der Waals surface area contributed by atoms with E-state index in [1.807, 2.05) is 20.8 Å². The summed E-state index contributed by atoms with van der Waals surface area (Å²) in [7, 11) is 0. The summed E-state index contributed by atoms with van der Waals surface area (Å²) in [5, 5.41) is 12.2. The standard InChI is InChI=1S/C20H28FNO6/c1-20(2,3)28-19(25)22-13-4-6-14(7-5-13)27-17-12-15(26-11-10-21)8-9-16(17)18(23)24/h8-9,12-14H,4-7,10-11H2,1-3H3,(H,22,25)(H,23,24)/t13-,14+. The smallest absolute Gasteiger partial charge is 0.407 e. The van der Waals surface area contributed by atoms with Gasteiger partial charge < -0.3 is 24.6 Å². The van der Waals surface area contributed by atoms with E-state index in [9.17, 15) is 19.1 Å². The molecule has 0 bridgehead atoms. The van der Waals surface area contributed by atoms with Crippen LogP contribution < -0.4 is 14.8 Å². The molecular formula is C20H28FNO6. The number of halogens is 1. The highest BCUT2D eigenvalue weighted by atomic mass is 19.1. The number of carboxylic acid groups (broad SMARTS) is 1. The number of ether oxygens (including phenoxy) is 3. The predicted octanol–water partition coefficient (Wildman–Crippen LogP) is 3.95. The maximum absolute atomic E-state index is 12.3. The van der Waals surface area contributed by atoms with Crippen molar-refractivity contribution in [1.82, 2.24) is 5.32 Å². The number of alkyl halides is 1. The van der Waals surface area contributed by atoms with Crippen LogP contribution in [0.3, 0.4) is 0 Å². The van der Waals surface area contributed by atoms with Gasteiger partial charge in [-0.15, -0.1) is 0 Å². The maximum Gasteiger partial charge on any atom is 0.407 e. The molecule has 28 heavy (non-hydrogen) atoms. The van der Waals surface area contributed by atoms with Crippen molar-refractivity contribution >= 4 is 12.1 Å². The zero-order valence-electron chi connectivity index (χ0n) is 16.5. The first-order valence-corrected chi connectivity index (χ1v) is 9.40. The van der Waals surface area contributed by atoms with Crippen LogP contribution >= 0.6 is 0 Å². The summed E-state index contributed by atoms with van der Waals surface area (Å²) in [5.41, 5.74) is -0.519. The second-order valence-corrected chi connectivity index (χ2v) is 7.74. The minimum absolute atomic E-state index is 0.00661. The minimum Gasteiger partial charge on any atom is -0.491 e. The summed E-state index contributed by atoms with van der Waals surface area (Å²) in [6.07, 6.45) is 2.10. The fourth-order valence-corrected chi connectivity index (χ4v) is 3.00. The fraction of sp³-hybridized carbons (Fsp3) is 0.600. The van der Waals surface area contributed by atoms with Crippen LogP contribution in [0.2, 0.25) is 0 Å². The highest BCUT2D eigenvalue weighted by Gasteiger charge is 2.26. The van der Waals surface area contributed by atoms with Crippen LogP contribution in [0.5, 0.6) is 11.5 Å². The summed E-state index contributed by atoms with van der Waals surface area (Å²) >= 11 is 0. The number of benzene rings is 1. The van der Waals surface area contributed by atoms with Crippen molar-refractivity contribution in [3.63, 3.8) is 0 Å². The molecule has 0 unspecified atom stereocenters. The molecule has 1 aromatic carbocycles. The molecule has 0 radical (unpaired) electrons. The predicted molar refractivity (Wildman–Crippen MR) is 101 cm³/mol. The van der Waals surface area contributed by atoms with Gasteiger partial charge in [-0.05, 0) is 58.6 Å². The van der Waals surface area contributed by atoms with E-state index in [1.54, 1.807) is 0 Å². The first-order chi connectivity index (χ1) is 13.2. The van der Waals surface area contributed by atoms with Gasteiger partial charge in [-0.25, -0.2) is 14.0 Å². The molecule has 0 aliphatic heterocycles. The maximum atomic E-state index is 12.3. The molecule has 2 rings (SSSR count). The largest absolute Gasteiger partial charge is 0.491 e. The molecule has 2 N–H and O–H groups in total. The van der Waals surface area contributed by atoms with Crippen LogP contribution in [0.1, 0.15) is 56.8 Å². The van der Waals surface area contributed by atoms with Crippen molar-refractivity contribution in [2.75, 3.05) is 13.3 Å². The Kier molecular flexibility index (Phi) is 7.48. The van der Waals surface area contributed by atoms with Crippen LogP contribution in [-0.2, 0) is 4.74 Å². The van der Waals surface area contributed by atoms with Gasteiger partial charge in [0.15, 0.2) is 0 Å². The molecule has 156 valence electrons. The Balaban J connectivity index is 1.93. The summed E-state index contributed by atoms with van der Waals surface area (Å²) in [6.45, 7) is 4.69. The minimum atomic E-state index is -1.10. The van der Waals surface area contributed by atoms with E-state index in [0.29, 0.717) is 31.4 Å². The van der Waals surface area contributed by atoms with Gasteiger partial charge in [-0.1, -0.05) is 0 Å². The van der Waals surface area contributed by atoms with Crippen LogP contribution in [0, 0.1) is 0 Å². The van der Waals surface area contributed by atoms with Gasteiger partial charge in [0.05, 0.1) is 6.10 Å². The zero-order chi connectivity index (χ0) is 20.7. The van der Waals surface area contributed by atoms with Gasteiger partial charge in [-0.3, -0.25) is 0 Å². The molecule has 1 aromatic rings. The number of amides is 1. The molecule has 1 amide bonds. The van der Waals surface area contributed by atoms with E-state index < -0.39 is 24.3 Å². The first kappa shape index (κ1) is 21.8. The van der Waals surface area contributed by atoms with E-state index >= 15 is 0 Å². The average molecular weight is 397 g/mol. The number of carbonyl (C=O) groups is 2. The number of rotatable bonds is 7. The molecule has 0 spiro atoms. The second-order valence-electron chi connectivity index (χ2n) is 7.74. The van der Waals surface area contributed by atoms with Crippen molar-refractivity contribution in [3.8, 4) is 11.5 Å². The van der Waals surface area contributed by atoms with E-state index in [4.69, 9.17) is 14.2 Å². The van der Waals surface area contributed by atoms with E-state index in [0.717, 1.165) is 0 Å². The van der Waals surface area contributed by atoms with Gasteiger partial charge in [0.1, 0.15) is 35.9 Å². The summed E-state index contributed by atoms with van der Waals surface area (Å²) in [5.74, 6) is -0.544. The van der Waals surface area contributed by atoms with Gasteiger partial charge in [0.2, 0.25) is 0 Å². The molecule has 1 aliphatic carbocycles. The summed E-state index contributed by atoms with van der Waals surface area (Å²) in [6, 6.07) is 4.34. The zero-order valence-corrected chi connectivity index (χ0v) is 16.5. The number of hydrogen-bond acceptors (Lipinski definition) is 5. The Morgan fingerprint density at radius 3 is 2.46 bits per heavy atom. The van der Waals surface area contributed by atoms with Gasteiger partial charge in [0.25, 0.3) is 0 Å². The average Bonchev–Trinajstić information content (AvgIpc) is 2.60. The molecule has 1 aliphatic rings. The van der Waals surface area contributed by atoms with Gasteiger partial charge >= 0.3 is 12.1 Å². The van der Waals surface area contributed by atoms with Crippen molar-refractivity contribution < 1.29 is 33.3 Å². The molecule has 1 saturated carbocycles. The van der Waals surface area contributed by atoms with Crippen LogP contribution in [-0.4, -0.2) is 48.2 Å². The number of alkyl carbamates (subject to hydrolysis) is 1. The van der Waals surface area contributed by atoms with E-state index in [-0.39, 0.29) is 30.1 Å². The highest BCUT2D eigenvalue weighted by molar-refractivity contribution is 5.91. The Morgan fingerprint density at radius 1 is 1.21 bits per heavy atom. The SMILES string of the molecule is CC(C)(C)OC(=O)N[C@H]1CC[C@@H](Oc2cc(OCCF)ccc2C(=O)O)CC1. The molecule has 8 heteroatoms. The number of carboxylic acids is 1. The topological polar surface area (TPSA) is 94.1 Å². The lowest BCUT2D eigenvalue weighted by Crippen LogP contribution is -2.42. The Hall–Kier alpha value is -2.51. The lowest BCUT2D eigenvalue weighted by Gasteiger charge is -2.30. The molecule has 0 heterocycles. The van der Waals surface area contributed by atoms with Crippen molar-refractivity contribution in [1.29, 1.82) is 0 Å². The Labute approximate surface area is 164 Å². The lowest BCUT2D eigenvalue weighted by atomic mass is 9.93. The molecule has 1 fully saturated rings. The van der Waals surface area contributed by atoms with E-state index in [2.05, 4.69) is 5.32 Å². The molecule has 7 nitrogen and oxygen atoms in total. The fourth-order valence-electron chi connectivity index (χ4n) is 3.00. The quantitative estimate of drug-likeness (QED) is 0.724. The third kappa shape index (κ3) is 6.90. The molecule has 0 saturated heterocycles. The van der Waals surface area contributed by atoms with Crippen LogP contribution in [0.4, 0.5) is 9.18 Å². The number of nitrogens with one attached hydrogen (secondary N) is 1. The third-order valence-electron chi connectivity index (χ3n) is 4.22. The van der Waals surface area contributed by atoms with Gasteiger partial charge in [-0.2, -0.15) is 0 Å². The molecule has 0 atom stereocenters. The van der Waals surface area contributed by atoms with Crippen LogP contribution in [0.25, 0.3) is 0 Å². The summed E-state index contributed by atoms with van der Waals surface area (Å²) in [4.78, 5) is 23.3. The third-order valence-corrected chi connectivity index (χ3v) is 4.22. The Morgan fingerprint density at radius 2 is 1.89 bits per heavy atom. The van der Waals surface area contributed by atoms with Crippen molar-refractivity contribution in [3.05, 3.63) is 23.8 Å². The molecule has 0 aromatic heterocycles. The highest BCUT2D eigenvalue weighted by Crippen LogP contribution is 2.30.